The first-order chi connectivity index (χ1) is 12.1. The molecule has 0 aliphatic rings. The summed E-state index contributed by atoms with van der Waals surface area (Å²) >= 11 is 0. The van der Waals surface area contributed by atoms with Gasteiger partial charge in [0.2, 0.25) is 0 Å². The summed E-state index contributed by atoms with van der Waals surface area (Å²) in [6, 6.07) is 14.7. The van der Waals surface area contributed by atoms with Crippen LogP contribution in [-0.4, -0.2) is 24.8 Å². The van der Waals surface area contributed by atoms with Gasteiger partial charge in [0.05, 0.1) is 29.2 Å². The Morgan fingerprint density at radius 2 is 2.04 bits per heavy atom. The summed E-state index contributed by atoms with van der Waals surface area (Å²) in [5.74, 6) is 0.343. The summed E-state index contributed by atoms with van der Waals surface area (Å²) in [5, 5.41) is 34.2. The molecule has 0 aliphatic heterocycles. The van der Waals surface area contributed by atoms with Crippen molar-refractivity contribution in [3.8, 4) is 17.5 Å². The standard InChI is InChI=1S/C17H13N5O3/c18-9-12-4-6-13(7-5-12)16(23)10-21-11-19-17(20-21)14-2-1-3-15(8-14)22(24)25/h1-8,11,16,23H,10H2. The summed E-state index contributed by atoms with van der Waals surface area (Å²) in [5.41, 5.74) is 1.67. The summed E-state index contributed by atoms with van der Waals surface area (Å²) in [6.45, 7) is 0.174. The second-order valence-electron chi connectivity index (χ2n) is 5.35. The van der Waals surface area contributed by atoms with Crippen LogP contribution in [0.5, 0.6) is 0 Å². The molecule has 8 nitrogen and oxygen atoms in total. The third-order valence-electron chi connectivity index (χ3n) is 3.64. The first-order valence-corrected chi connectivity index (χ1v) is 7.39. The second-order valence-corrected chi connectivity index (χ2v) is 5.35. The minimum absolute atomic E-state index is 0.0357. The van der Waals surface area contributed by atoms with Crippen LogP contribution in [0.1, 0.15) is 17.2 Å². The third-order valence-corrected chi connectivity index (χ3v) is 3.64. The number of aliphatic hydroxyl groups excluding tert-OH is 1. The van der Waals surface area contributed by atoms with Crippen LogP contribution in [0.15, 0.2) is 54.9 Å². The van der Waals surface area contributed by atoms with Gasteiger partial charge >= 0.3 is 0 Å². The molecule has 0 radical (unpaired) electrons. The smallest absolute Gasteiger partial charge is 0.270 e. The molecule has 0 fully saturated rings. The van der Waals surface area contributed by atoms with Crippen LogP contribution < -0.4 is 0 Å². The molecule has 1 N–H and O–H groups in total. The fourth-order valence-corrected chi connectivity index (χ4v) is 2.34. The van der Waals surface area contributed by atoms with Crippen LogP contribution in [0.2, 0.25) is 0 Å². The van der Waals surface area contributed by atoms with Crippen LogP contribution >= 0.6 is 0 Å². The maximum absolute atomic E-state index is 10.8. The highest BCUT2D eigenvalue weighted by Gasteiger charge is 2.13. The lowest BCUT2D eigenvalue weighted by molar-refractivity contribution is -0.384. The lowest BCUT2D eigenvalue weighted by Gasteiger charge is -2.10. The predicted octanol–water partition coefficient (Wildman–Crippen LogP) is 2.46. The zero-order valence-electron chi connectivity index (χ0n) is 13.0. The molecule has 0 saturated heterocycles. The van der Waals surface area contributed by atoms with Gasteiger partial charge < -0.3 is 5.11 Å². The molecule has 0 bridgehead atoms. The van der Waals surface area contributed by atoms with Gasteiger partial charge in [-0.05, 0) is 17.7 Å². The van der Waals surface area contributed by atoms with E-state index in [4.69, 9.17) is 5.26 Å². The third kappa shape index (κ3) is 3.68. The van der Waals surface area contributed by atoms with E-state index >= 15 is 0 Å². The van der Waals surface area contributed by atoms with E-state index in [1.165, 1.54) is 23.1 Å². The number of nitro groups is 1. The largest absolute Gasteiger partial charge is 0.386 e. The molecule has 1 atom stereocenters. The molecule has 25 heavy (non-hydrogen) atoms. The highest BCUT2D eigenvalue weighted by atomic mass is 16.6. The second kappa shape index (κ2) is 6.90. The SMILES string of the molecule is N#Cc1ccc(C(O)Cn2cnc(-c3cccc([N+](=O)[O-])c3)n2)cc1. The van der Waals surface area contributed by atoms with Crippen molar-refractivity contribution in [3.05, 3.63) is 76.1 Å². The van der Waals surface area contributed by atoms with Crippen LogP contribution in [-0.2, 0) is 6.54 Å². The van der Waals surface area contributed by atoms with Crippen LogP contribution in [0, 0.1) is 21.4 Å². The Morgan fingerprint density at radius 3 is 2.72 bits per heavy atom. The van der Waals surface area contributed by atoms with Gasteiger partial charge in [0.1, 0.15) is 6.33 Å². The van der Waals surface area contributed by atoms with E-state index in [-0.39, 0.29) is 12.2 Å². The van der Waals surface area contributed by atoms with Crippen LogP contribution in [0.25, 0.3) is 11.4 Å². The Morgan fingerprint density at radius 1 is 1.28 bits per heavy atom. The number of nitrogens with zero attached hydrogens (tertiary/aromatic N) is 5. The van der Waals surface area contributed by atoms with Gasteiger partial charge in [0, 0.05) is 17.7 Å². The van der Waals surface area contributed by atoms with Gasteiger partial charge in [0.25, 0.3) is 5.69 Å². The maximum atomic E-state index is 10.8. The first-order valence-electron chi connectivity index (χ1n) is 7.39. The van der Waals surface area contributed by atoms with Gasteiger partial charge in [-0.3, -0.25) is 10.1 Å². The topological polar surface area (TPSA) is 118 Å². The first kappa shape index (κ1) is 16.3. The molecule has 2 aromatic carbocycles. The van der Waals surface area contributed by atoms with Crippen molar-refractivity contribution < 1.29 is 10.0 Å². The normalized spacial score (nSPS) is 11.7. The van der Waals surface area contributed by atoms with E-state index in [2.05, 4.69) is 10.1 Å². The zero-order valence-corrected chi connectivity index (χ0v) is 13.0. The number of nitriles is 1. The van der Waals surface area contributed by atoms with Gasteiger partial charge in [-0.2, -0.15) is 10.4 Å². The number of aliphatic hydroxyl groups is 1. The summed E-state index contributed by atoms with van der Waals surface area (Å²) in [7, 11) is 0. The van der Waals surface area contributed by atoms with E-state index < -0.39 is 11.0 Å². The van der Waals surface area contributed by atoms with E-state index in [1.54, 1.807) is 36.4 Å². The summed E-state index contributed by atoms with van der Waals surface area (Å²) in [4.78, 5) is 14.5. The molecular formula is C17H13N5O3. The molecule has 124 valence electrons. The fraction of sp³-hybridized carbons (Fsp3) is 0.118. The molecule has 1 aromatic heterocycles. The Bertz CT molecular complexity index is 943. The summed E-state index contributed by atoms with van der Waals surface area (Å²) in [6.07, 6.45) is 0.647. The Hall–Kier alpha value is -3.57. The molecule has 3 aromatic rings. The number of aromatic nitrogens is 3. The molecule has 0 aliphatic carbocycles. The molecule has 0 amide bonds. The van der Waals surface area contributed by atoms with E-state index in [0.29, 0.717) is 22.5 Å². The van der Waals surface area contributed by atoms with Crippen molar-refractivity contribution in [2.24, 2.45) is 0 Å². The molecular weight excluding hydrogens is 322 g/mol. The van der Waals surface area contributed by atoms with Gasteiger partial charge in [0.15, 0.2) is 5.82 Å². The van der Waals surface area contributed by atoms with Crippen molar-refractivity contribution in [1.29, 1.82) is 5.26 Å². The van der Waals surface area contributed by atoms with Crippen molar-refractivity contribution >= 4 is 5.69 Å². The molecule has 3 rings (SSSR count). The Balaban J connectivity index is 1.76. The highest BCUT2D eigenvalue weighted by Crippen LogP contribution is 2.21. The minimum atomic E-state index is -0.813. The van der Waals surface area contributed by atoms with E-state index in [0.717, 1.165) is 0 Å². The van der Waals surface area contributed by atoms with Crippen molar-refractivity contribution in [3.63, 3.8) is 0 Å². The average Bonchev–Trinajstić information content (AvgIpc) is 3.10. The lowest BCUT2D eigenvalue weighted by atomic mass is 10.1. The van der Waals surface area contributed by atoms with Crippen molar-refractivity contribution in [2.45, 2.75) is 12.6 Å². The summed E-state index contributed by atoms with van der Waals surface area (Å²) < 4.78 is 1.47. The Labute approximate surface area is 142 Å². The van der Waals surface area contributed by atoms with E-state index in [9.17, 15) is 15.2 Å². The Kier molecular flexibility index (Phi) is 4.50. The highest BCUT2D eigenvalue weighted by molar-refractivity contribution is 5.58. The average molecular weight is 335 g/mol. The minimum Gasteiger partial charge on any atom is -0.386 e. The number of benzene rings is 2. The number of nitro benzene ring substituents is 1. The fourth-order valence-electron chi connectivity index (χ4n) is 2.34. The number of rotatable bonds is 5. The quantitative estimate of drug-likeness (QED) is 0.565. The molecule has 8 heteroatoms. The number of hydrogen-bond donors (Lipinski definition) is 1. The molecule has 0 saturated carbocycles. The molecule has 0 spiro atoms. The van der Waals surface area contributed by atoms with Crippen LogP contribution in [0.3, 0.4) is 0 Å². The van der Waals surface area contributed by atoms with Crippen LogP contribution in [0.4, 0.5) is 5.69 Å². The lowest BCUT2D eigenvalue weighted by Crippen LogP contribution is -2.09. The molecule has 1 unspecified atom stereocenters. The monoisotopic (exact) mass is 335 g/mol. The van der Waals surface area contributed by atoms with Gasteiger partial charge in [-0.25, -0.2) is 9.67 Å². The molecule has 1 heterocycles. The zero-order chi connectivity index (χ0) is 17.8. The number of hydrogen-bond acceptors (Lipinski definition) is 6. The van der Waals surface area contributed by atoms with Crippen molar-refractivity contribution in [2.75, 3.05) is 0 Å². The van der Waals surface area contributed by atoms with Gasteiger partial charge in [-0.15, -0.1) is 0 Å². The predicted molar refractivity (Wildman–Crippen MR) is 88.2 cm³/mol. The number of non-ortho nitro benzene ring substituents is 1. The maximum Gasteiger partial charge on any atom is 0.270 e. The van der Waals surface area contributed by atoms with Gasteiger partial charge in [-0.1, -0.05) is 24.3 Å². The van der Waals surface area contributed by atoms with Crippen molar-refractivity contribution in [1.82, 2.24) is 14.8 Å². The van der Waals surface area contributed by atoms with E-state index in [1.807, 2.05) is 6.07 Å².